The molecule has 1 aromatic carbocycles. The van der Waals surface area contributed by atoms with Crippen molar-refractivity contribution in [2.75, 3.05) is 18.0 Å². The average molecular weight is 408 g/mol. The van der Waals surface area contributed by atoms with E-state index >= 15 is 0 Å². The highest BCUT2D eigenvalue weighted by Gasteiger charge is 2.28. The van der Waals surface area contributed by atoms with Crippen LogP contribution in [0.1, 0.15) is 47.4 Å². The van der Waals surface area contributed by atoms with Crippen LogP contribution < -0.4 is 10.2 Å². The number of anilines is 1. The molecule has 1 saturated heterocycles. The molecule has 29 heavy (non-hydrogen) atoms. The molecule has 152 valence electrons. The SMILES string of the molecule is Cc1ccc(C(C)NC(=O)C2CCCN(c3nccc4sc(C)cc34)C2)c(C)c1. The molecule has 0 bridgehead atoms. The largest absolute Gasteiger partial charge is 0.355 e. The zero-order chi connectivity index (χ0) is 20.5. The van der Waals surface area contributed by atoms with Crippen molar-refractivity contribution in [2.24, 2.45) is 5.92 Å². The number of carbonyl (C=O) groups is 1. The van der Waals surface area contributed by atoms with E-state index in [2.05, 4.69) is 73.2 Å². The molecule has 2 unspecified atom stereocenters. The van der Waals surface area contributed by atoms with Gasteiger partial charge in [-0.3, -0.25) is 4.79 Å². The van der Waals surface area contributed by atoms with Crippen LogP contribution in [0.2, 0.25) is 0 Å². The normalized spacial score (nSPS) is 18.1. The lowest BCUT2D eigenvalue weighted by Crippen LogP contribution is -2.44. The molecule has 2 aromatic heterocycles. The molecule has 4 rings (SSSR count). The molecule has 0 saturated carbocycles. The van der Waals surface area contributed by atoms with E-state index in [0.29, 0.717) is 0 Å². The first-order valence-electron chi connectivity index (χ1n) is 10.4. The van der Waals surface area contributed by atoms with Crippen LogP contribution in [0.3, 0.4) is 0 Å². The number of hydrogen-bond donors (Lipinski definition) is 1. The fraction of sp³-hybridized carbons (Fsp3) is 0.417. The Morgan fingerprint density at radius 1 is 1.24 bits per heavy atom. The molecule has 1 fully saturated rings. The van der Waals surface area contributed by atoms with E-state index in [1.54, 1.807) is 11.3 Å². The smallest absolute Gasteiger partial charge is 0.225 e. The number of hydrogen-bond acceptors (Lipinski definition) is 4. The zero-order valence-electron chi connectivity index (χ0n) is 17.7. The van der Waals surface area contributed by atoms with E-state index in [1.807, 2.05) is 6.20 Å². The van der Waals surface area contributed by atoms with Gasteiger partial charge in [-0.25, -0.2) is 4.98 Å². The molecule has 1 aliphatic rings. The lowest BCUT2D eigenvalue weighted by atomic mass is 9.95. The molecular formula is C24H29N3OS. The summed E-state index contributed by atoms with van der Waals surface area (Å²) in [6, 6.07) is 10.7. The summed E-state index contributed by atoms with van der Waals surface area (Å²) in [5.41, 5.74) is 3.67. The van der Waals surface area contributed by atoms with Crippen LogP contribution in [-0.4, -0.2) is 24.0 Å². The van der Waals surface area contributed by atoms with Crippen molar-refractivity contribution in [3.63, 3.8) is 0 Å². The van der Waals surface area contributed by atoms with Gasteiger partial charge in [-0.2, -0.15) is 0 Å². The number of amides is 1. The lowest BCUT2D eigenvalue weighted by Gasteiger charge is -2.34. The number of rotatable bonds is 4. The Morgan fingerprint density at radius 2 is 2.07 bits per heavy atom. The molecule has 0 spiro atoms. The standard InChI is InChI=1S/C24H29N3OS/c1-15-7-8-20(16(2)12-15)18(4)26-24(28)19-6-5-11-27(14-19)23-21-13-17(3)29-22(21)9-10-25-23/h7-10,12-13,18-19H,5-6,11,14H2,1-4H3,(H,26,28). The Balaban J connectivity index is 1.48. The van der Waals surface area contributed by atoms with Crippen molar-refractivity contribution in [3.05, 3.63) is 58.1 Å². The first-order chi connectivity index (χ1) is 13.9. The number of fused-ring (bicyclic) bond motifs is 1. The minimum absolute atomic E-state index is 0.00579. The van der Waals surface area contributed by atoms with Crippen LogP contribution in [0.15, 0.2) is 36.5 Å². The van der Waals surface area contributed by atoms with Gasteiger partial charge in [0, 0.05) is 34.2 Å². The molecule has 1 aliphatic heterocycles. The second kappa shape index (κ2) is 8.15. The summed E-state index contributed by atoms with van der Waals surface area (Å²) in [5, 5.41) is 4.46. The minimum atomic E-state index is -0.00579. The Morgan fingerprint density at radius 3 is 2.86 bits per heavy atom. The number of nitrogens with zero attached hydrogens (tertiary/aromatic N) is 2. The third-order valence-corrected chi connectivity index (χ3v) is 6.91. The van der Waals surface area contributed by atoms with Crippen molar-refractivity contribution in [1.82, 2.24) is 10.3 Å². The summed E-state index contributed by atoms with van der Waals surface area (Å²) < 4.78 is 1.27. The highest BCUT2D eigenvalue weighted by atomic mass is 32.1. The molecule has 1 amide bonds. The van der Waals surface area contributed by atoms with Gasteiger partial charge in [0.05, 0.1) is 12.0 Å². The quantitative estimate of drug-likeness (QED) is 0.637. The van der Waals surface area contributed by atoms with Crippen molar-refractivity contribution in [3.8, 4) is 0 Å². The third kappa shape index (κ3) is 4.15. The molecular weight excluding hydrogens is 378 g/mol. The van der Waals surface area contributed by atoms with Gasteiger partial charge in [0.15, 0.2) is 0 Å². The second-order valence-corrected chi connectivity index (χ2v) is 9.57. The zero-order valence-corrected chi connectivity index (χ0v) is 18.5. The number of piperidine rings is 1. The van der Waals surface area contributed by atoms with E-state index in [4.69, 9.17) is 0 Å². The van der Waals surface area contributed by atoms with Gasteiger partial charge in [0.25, 0.3) is 0 Å². The van der Waals surface area contributed by atoms with Gasteiger partial charge in [0.1, 0.15) is 5.82 Å². The molecule has 3 heterocycles. The van der Waals surface area contributed by atoms with Crippen LogP contribution >= 0.6 is 11.3 Å². The summed E-state index contributed by atoms with van der Waals surface area (Å²) in [7, 11) is 0. The molecule has 3 aromatic rings. The number of carbonyl (C=O) groups excluding carboxylic acids is 1. The Kier molecular flexibility index (Phi) is 5.59. The third-order valence-electron chi connectivity index (χ3n) is 5.89. The maximum absolute atomic E-state index is 13.0. The number of nitrogens with one attached hydrogen (secondary N) is 1. The van der Waals surface area contributed by atoms with E-state index in [-0.39, 0.29) is 17.9 Å². The van der Waals surface area contributed by atoms with E-state index in [9.17, 15) is 4.79 Å². The highest BCUT2D eigenvalue weighted by molar-refractivity contribution is 7.19. The molecule has 5 heteroatoms. The summed E-state index contributed by atoms with van der Waals surface area (Å²) in [6.45, 7) is 10.1. The highest BCUT2D eigenvalue weighted by Crippen LogP contribution is 2.33. The van der Waals surface area contributed by atoms with Crippen molar-refractivity contribution >= 4 is 33.1 Å². The molecule has 4 nitrogen and oxygen atoms in total. The Hall–Kier alpha value is -2.40. The predicted octanol–water partition coefficient (Wildman–Crippen LogP) is 5.32. The van der Waals surface area contributed by atoms with E-state index < -0.39 is 0 Å². The van der Waals surface area contributed by atoms with Crippen molar-refractivity contribution in [1.29, 1.82) is 0 Å². The number of aryl methyl sites for hydroxylation is 3. The Labute approximate surface area is 177 Å². The maximum Gasteiger partial charge on any atom is 0.225 e. The summed E-state index contributed by atoms with van der Waals surface area (Å²) >= 11 is 1.80. The monoisotopic (exact) mass is 407 g/mol. The summed E-state index contributed by atoms with van der Waals surface area (Å²) in [4.78, 5) is 21.3. The number of benzene rings is 1. The van der Waals surface area contributed by atoms with E-state index in [1.165, 1.54) is 31.7 Å². The number of pyridine rings is 1. The Bertz CT molecular complexity index is 1040. The maximum atomic E-state index is 13.0. The first kappa shape index (κ1) is 19.9. The average Bonchev–Trinajstić information content (AvgIpc) is 3.08. The molecule has 2 atom stereocenters. The fourth-order valence-electron chi connectivity index (χ4n) is 4.43. The number of thiophene rings is 1. The predicted molar refractivity (Wildman–Crippen MR) is 122 cm³/mol. The van der Waals surface area contributed by atoms with Crippen LogP contribution in [-0.2, 0) is 4.79 Å². The lowest BCUT2D eigenvalue weighted by molar-refractivity contribution is -0.125. The van der Waals surface area contributed by atoms with Crippen LogP contribution in [0.25, 0.3) is 10.1 Å². The van der Waals surface area contributed by atoms with Crippen LogP contribution in [0.5, 0.6) is 0 Å². The molecule has 0 radical (unpaired) electrons. The topological polar surface area (TPSA) is 45.2 Å². The van der Waals surface area contributed by atoms with Gasteiger partial charge >= 0.3 is 0 Å². The van der Waals surface area contributed by atoms with Gasteiger partial charge in [-0.15, -0.1) is 11.3 Å². The van der Waals surface area contributed by atoms with Gasteiger partial charge < -0.3 is 10.2 Å². The van der Waals surface area contributed by atoms with E-state index in [0.717, 1.165) is 31.7 Å². The van der Waals surface area contributed by atoms with Gasteiger partial charge in [-0.05, 0) is 63.8 Å². The van der Waals surface area contributed by atoms with Crippen LogP contribution in [0, 0.1) is 26.7 Å². The molecule has 0 aliphatic carbocycles. The van der Waals surface area contributed by atoms with Gasteiger partial charge in [0.2, 0.25) is 5.91 Å². The van der Waals surface area contributed by atoms with Crippen molar-refractivity contribution in [2.45, 2.75) is 46.6 Å². The van der Waals surface area contributed by atoms with Crippen LogP contribution in [0.4, 0.5) is 5.82 Å². The second-order valence-electron chi connectivity index (χ2n) is 8.28. The minimum Gasteiger partial charge on any atom is -0.355 e. The summed E-state index contributed by atoms with van der Waals surface area (Å²) in [5.74, 6) is 1.16. The number of aromatic nitrogens is 1. The summed E-state index contributed by atoms with van der Waals surface area (Å²) in [6.07, 6.45) is 3.83. The van der Waals surface area contributed by atoms with Gasteiger partial charge in [-0.1, -0.05) is 23.8 Å². The fourth-order valence-corrected chi connectivity index (χ4v) is 5.34. The van der Waals surface area contributed by atoms with Crippen molar-refractivity contribution < 1.29 is 4.79 Å². The molecule has 1 N–H and O–H groups in total. The first-order valence-corrected chi connectivity index (χ1v) is 11.2.